The fourth-order valence-corrected chi connectivity index (χ4v) is 1.75. The second-order valence-electron chi connectivity index (χ2n) is 4.29. The summed E-state index contributed by atoms with van der Waals surface area (Å²) in [5, 5.41) is 18.0. The van der Waals surface area contributed by atoms with E-state index in [1.807, 2.05) is 0 Å². The number of hydrogen-bond donors (Lipinski definition) is 3. The molecule has 0 amide bonds. The van der Waals surface area contributed by atoms with Crippen LogP contribution in [0.2, 0.25) is 0 Å². The fraction of sp³-hybridized carbons (Fsp3) is 0.0909. The molecule has 10 nitrogen and oxygen atoms in total. The summed E-state index contributed by atoms with van der Waals surface area (Å²) >= 11 is 0. The molecule has 3 rings (SSSR count). The van der Waals surface area contributed by atoms with Crippen LogP contribution in [0, 0.1) is 0 Å². The molecule has 0 fully saturated rings. The Morgan fingerprint density at radius 3 is 2.33 bits per heavy atom. The molecule has 106 valence electrons. The second-order valence-corrected chi connectivity index (χ2v) is 4.29. The normalized spacial score (nSPS) is 16.3. The molecule has 0 aliphatic heterocycles. The maximum atomic E-state index is 11.1. The first kappa shape index (κ1) is 12.9. The number of aromatic nitrogens is 6. The van der Waals surface area contributed by atoms with Crippen molar-refractivity contribution in [2.75, 3.05) is 11.5 Å². The van der Waals surface area contributed by atoms with Crippen molar-refractivity contribution in [3.8, 4) is 5.95 Å². The Balaban J connectivity index is 1.99. The summed E-state index contributed by atoms with van der Waals surface area (Å²) in [6, 6.07) is 0. The van der Waals surface area contributed by atoms with E-state index >= 15 is 0 Å². The van der Waals surface area contributed by atoms with Crippen molar-refractivity contribution in [3.63, 3.8) is 0 Å². The lowest BCUT2D eigenvalue weighted by atomic mass is 9.95. The molecule has 0 saturated heterocycles. The van der Waals surface area contributed by atoms with E-state index in [2.05, 4.69) is 25.3 Å². The Labute approximate surface area is 117 Å². The van der Waals surface area contributed by atoms with Gasteiger partial charge in [-0.2, -0.15) is 19.6 Å². The van der Waals surface area contributed by atoms with Crippen molar-refractivity contribution in [1.29, 1.82) is 0 Å². The van der Waals surface area contributed by atoms with Crippen molar-refractivity contribution >= 4 is 17.7 Å². The van der Waals surface area contributed by atoms with Crippen LogP contribution in [0.15, 0.2) is 30.5 Å². The average molecular weight is 286 g/mol. The van der Waals surface area contributed by atoms with E-state index in [4.69, 9.17) is 11.5 Å². The van der Waals surface area contributed by atoms with Crippen molar-refractivity contribution < 1.29 is 9.90 Å². The quantitative estimate of drug-likeness (QED) is 0.597. The van der Waals surface area contributed by atoms with Gasteiger partial charge >= 0.3 is 0 Å². The van der Waals surface area contributed by atoms with E-state index in [9.17, 15) is 9.90 Å². The van der Waals surface area contributed by atoms with E-state index < -0.39 is 5.60 Å². The highest BCUT2D eigenvalue weighted by Crippen LogP contribution is 2.25. The van der Waals surface area contributed by atoms with E-state index in [1.165, 1.54) is 35.2 Å². The zero-order valence-electron chi connectivity index (χ0n) is 10.6. The smallest absolute Gasteiger partial charge is 0.258 e. The minimum Gasteiger partial charge on any atom is -0.376 e. The summed E-state index contributed by atoms with van der Waals surface area (Å²) in [5.74, 6) is -0.264. The Morgan fingerprint density at radius 1 is 1.10 bits per heavy atom. The highest BCUT2D eigenvalue weighted by atomic mass is 16.3. The molecule has 0 aromatic carbocycles. The minimum atomic E-state index is -1.52. The second kappa shape index (κ2) is 4.45. The van der Waals surface area contributed by atoms with Crippen LogP contribution in [0.25, 0.3) is 5.95 Å². The molecule has 1 aliphatic carbocycles. The van der Waals surface area contributed by atoms with Gasteiger partial charge in [-0.1, -0.05) is 5.21 Å². The van der Waals surface area contributed by atoms with Gasteiger partial charge in [0.2, 0.25) is 11.9 Å². The van der Waals surface area contributed by atoms with Gasteiger partial charge in [0.15, 0.2) is 5.78 Å². The van der Waals surface area contributed by atoms with Gasteiger partial charge in [0.05, 0.1) is 6.20 Å². The highest BCUT2D eigenvalue weighted by molar-refractivity contribution is 6.00. The standard InChI is InChI=1S/C11H10N8O2/c12-8-14-9(13)16-10(15-8)19-5-7(17-18-19)11(21)3-1-6(20)2-4-11/h1-5,21H,(H4,12,13,14,15,16). The first-order valence-corrected chi connectivity index (χ1v) is 5.81. The molecule has 2 aromatic heterocycles. The number of nitrogen functional groups attached to an aromatic ring is 2. The van der Waals surface area contributed by atoms with Crippen LogP contribution in [-0.2, 0) is 10.4 Å². The molecule has 10 heteroatoms. The average Bonchev–Trinajstić information content (AvgIpc) is 2.92. The third-order valence-electron chi connectivity index (χ3n) is 2.77. The summed E-state index contributed by atoms with van der Waals surface area (Å²) in [6.45, 7) is 0. The lowest BCUT2D eigenvalue weighted by Gasteiger charge is -2.18. The molecule has 0 spiro atoms. The largest absolute Gasteiger partial charge is 0.376 e. The highest BCUT2D eigenvalue weighted by Gasteiger charge is 2.29. The molecule has 5 N–H and O–H groups in total. The Kier molecular flexibility index (Phi) is 2.73. The van der Waals surface area contributed by atoms with Crippen molar-refractivity contribution in [2.45, 2.75) is 5.60 Å². The molecule has 0 unspecified atom stereocenters. The number of anilines is 2. The lowest BCUT2D eigenvalue weighted by Crippen LogP contribution is -2.23. The van der Waals surface area contributed by atoms with Crippen LogP contribution in [0.3, 0.4) is 0 Å². The number of ketones is 1. The molecule has 2 aromatic rings. The minimum absolute atomic E-state index is 0.0590. The first-order chi connectivity index (χ1) is 9.96. The van der Waals surface area contributed by atoms with Crippen LogP contribution < -0.4 is 11.5 Å². The number of allylic oxidation sites excluding steroid dienone is 2. The van der Waals surface area contributed by atoms with E-state index in [0.29, 0.717) is 0 Å². The summed E-state index contributed by atoms with van der Waals surface area (Å²) in [7, 11) is 0. The van der Waals surface area contributed by atoms with E-state index in [1.54, 1.807) is 0 Å². The zero-order valence-corrected chi connectivity index (χ0v) is 10.6. The molecule has 2 heterocycles. The molecule has 0 saturated carbocycles. The number of nitrogens with two attached hydrogens (primary N) is 2. The van der Waals surface area contributed by atoms with Crippen molar-refractivity contribution in [3.05, 3.63) is 36.2 Å². The van der Waals surface area contributed by atoms with Gasteiger partial charge in [-0.3, -0.25) is 4.79 Å². The Hall–Kier alpha value is -3.14. The van der Waals surface area contributed by atoms with Crippen LogP contribution in [0.5, 0.6) is 0 Å². The third-order valence-corrected chi connectivity index (χ3v) is 2.77. The summed E-state index contributed by atoms with van der Waals surface area (Å²) in [5.41, 5.74) is 9.63. The summed E-state index contributed by atoms with van der Waals surface area (Å²) < 4.78 is 1.19. The van der Waals surface area contributed by atoms with E-state index in [0.717, 1.165) is 0 Å². The number of aliphatic hydroxyl groups is 1. The van der Waals surface area contributed by atoms with Crippen molar-refractivity contribution in [1.82, 2.24) is 29.9 Å². The van der Waals surface area contributed by atoms with Gasteiger partial charge in [0.25, 0.3) is 5.95 Å². The number of hydrogen-bond acceptors (Lipinski definition) is 9. The molecular weight excluding hydrogens is 276 g/mol. The number of carbonyl (C=O) groups is 1. The van der Waals surface area contributed by atoms with Crippen LogP contribution >= 0.6 is 0 Å². The third kappa shape index (κ3) is 2.34. The SMILES string of the molecule is Nc1nc(N)nc(-n2cc(C3(O)C=CC(=O)C=C3)nn2)n1. The van der Waals surface area contributed by atoms with Crippen LogP contribution in [0.1, 0.15) is 5.69 Å². The molecular formula is C11H10N8O2. The predicted molar refractivity (Wildman–Crippen MR) is 70.8 cm³/mol. The number of nitrogens with zero attached hydrogens (tertiary/aromatic N) is 6. The van der Waals surface area contributed by atoms with Gasteiger partial charge in [-0.05, 0) is 24.3 Å². The van der Waals surface area contributed by atoms with Crippen LogP contribution in [0.4, 0.5) is 11.9 Å². The van der Waals surface area contributed by atoms with Gasteiger partial charge in [-0.25, -0.2) is 0 Å². The molecule has 0 bridgehead atoms. The Bertz CT molecular complexity index is 742. The summed E-state index contributed by atoms with van der Waals surface area (Å²) in [4.78, 5) is 22.5. The van der Waals surface area contributed by atoms with Crippen molar-refractivity contribution in [2.24, 2.45) is 0 Å². The Morgan fingerprint density at radius 2 is 1.71 bits per heavy atom. The van der Waals surface area contributed by atoms with Crippen LogP contribution in [-0.4, -0.2) is 40.8 Å². The molecule has 1 aliphatic rings. The predicted octanol–water partition coefficient (Wildman–Crippen LogP) is -1.50. The van der Waals surface area contributed by atoms with E-state index in [-0.39, 0.29) is 29.3 Å². The summed E-state index contributed by atoms with van der Waals surface area (Å²) in [6.07, 6.45) is 6.54. The zero-order chi connectivity index (χ0) is 15.0. The van der Waals surface area contributed by atoms with Gasteiger partial charge in [-0.15, -0.1) is 5.10 Å². The maximum Gasteiger partial charge on any atom is 0.258 e. The lowest BCUT2D eigenvalue weighted by molar-refractivity contribution is -0.110. The number of carbonyl (C=O) groups excluding carboxylic acids is 1. The maximum absolute atomic E-state index is 11.1. The molecule has 0 atom stereocenters. The van der Waals surface area contributed by atoms with Gasteiger partial charge in [0, 0.05) is 0 Å². The van der Waals surface area contributed by atoms with Gasteiger partial charge < -0.3 is 16.6 Å². The monoisotopic (exact) mass is 286 g/mol. The fourth-order valence-electron chi connectivity index (χ4n) is 1.75. The molecule has 21 heavy (non-hydrogen) atoms. The first-order valence-electron chi connectivity index (χ1n) is 5.81. The van der Waals surface area contributed by atoms with Gasteiger partial charge in [0.1, 0.15) is 11.3 Å². The number of rotatable bonds is 2. The molecule has 0 radical (unpaired) electrons. The topological polar surface area (TPSA) is 159 Å².